The number of nitrogens with zero attached hydrogens (tertiary/aromatic N) is 3. The molecule has 2 aromatic rings. The van der Waals surface area contributed by atoms with Gasteiger partial charge in [0.25, 0.3) is 0 Å². The average Bonchev–Trinajstić information content (AvgIpc) is 3.06. The van der Waals surface area contributed by atoms with E-state index in [4.69, 9.17) is 14.8 Å². The third-order valence-electron chi connectivity index (χ3n) is 3.64. The summed E-state index contributed by atoms with van der Waals surface area (Å²) < 4.78 is 5.19. The number of fused-ring (bicyclic) bond motifs is 1. The van der Waals surface area contributed by atoms with E-state index in [1.165, 1.54) is 6.39 Å². The molecule has 20 heavy (non-hydrogen) atoms. The van der Waals surface area contributed by atoms with Crippen LogP contribution in [0.1, 0.15) is 17.5 Å². The molecule has 1 aliphatic heterocycles. The maximum Gasteiger partial charge on any atom is 0.307 e. The number of carbonyl (C=O) groups is 1. The summed E-state index contributed by atoms with van der Waals surface area (Å²) in [5.41, 5.74) is 2.58. The van der Waals surface area contributed by atoms with E-state index in [2.05, 4.69) is 16.0 Å². The van der Waals surface area contributed by atoms with E-state index in [-0.39, 0.29) is 5.92 Å². The summed E-state index contributed by atoms with van der Waals surface area (Å²) in [4.78, 5) is 17.1. The van der Waals surface area contributed by atoms with Gasteiger partial charge < -0.3 is 9.52 Å². The van der Waals surface area contributed by atoms with Crippen molar-refractivity contribution in [1.82, 2.24) is 9.88 Å². The quantitative estimate of drug-likeness (QED) is 0.912. The van der Waals surface area contributed by atoms with Crippen LogP contribution in [-0.4, -0.2) is 34.0 Å². The summed E-state index contributed by atoms with van der Waals surface area (Å²) in [7, 11) is 0. The maximum atomic E-state index is 10.9. The van der Waals surface area contributed by atoms with Crippen LogP contribution in [0.15, 0.2) is 22.9 Å². The van der Waals surface area contributed by atoms with Gasteiger partial charge in [-0.25, -0.2) is 4.98 Å². The molecular formula is C14H13N3O3. The highest BCUT2D eigenvalue weighted by Crippen LogP contribution is 2.23. The third kappa shape index (κ3) is 2.24. The molecule has 1 N–H and O–H groups in total. The van der Waals surface area contributed by atoms with Gasteiger partial charge in [-0.3, -0.25) is 9.69 Å². The smallest absolute Gasteiger partial charge is 0.307 e. The Balaban J connectivity index is 1.82. The first-order valence-electron chi connectivity index (χ1n) is 6.39. The Hall–Kier alpha value is -2.39. The molecule has 0 saturated carbocycles. The van der Waals surface area contributed by atoms with Crippen molar-refractivity contribution in [2.24, 2.45) is 5.92 Å². The van der Waals surface area contributed by atoms with Gasteiger partial charge in [0.2, 0.25) is 0 Å². The second kappa shape index (κ2) is 4.94. The van der Waals surface area contributed by atoms with Gasteiger partial charge in [0.15, 0.2) is 12.0 Å². The Labute approximate surface area is 115 Å². The first-order valence-corrected chi connectivity index (χ1v) is 6.39. The first kappa shape index (κ1) is 12.6. The molecule has 0 spiro atoms. The number of nitriles is 1. The van der Waals surface area contributed by atoms with Crippen LogP contribution in [0.4, 0.5) is 0 Å². The number of aromatic nitrogens is 1. The molecule has 1 aromatic carbocycles. The summed E-state index contributed by atoms with van der Waals surface area (Å²) in [5, 5.41) is 18.1. The fourth-order valence-electron chi connectivity index (χ4n) is 2.64. The van der Waals surface area contributed by atoms with Crippen LogP contribution in [-0.2, 0) is 11.3 Å². The Kier molecular flexibility index (Phi) is 3.12. The predicted octanol–water partition coefficient (Wildman–Crippen LogP) is 1.61. The molecule has 102 valence electrons. The van der Waals surface area contributed by atoms with Crippen LogP contribution in [0.25, 0.3) is 11.1 Å². The minimum absolute atomic E-state index is 0.291. The number of hydrogen-bond acceptors (Lipinski definition) is 5. The standard InChI is InChI=1S/C14H13N3O3/c15-5-11-3-9(4-12-13(11)20-8-16-12)6-17-2-1-10(7-17)14(18)19/h3-4,8,10H,1-2,6-7H2,(H,18,19). The summed E-state index contributed by atoms with van der Waals surface area (Å²) >= 11 is 0. The Bertz CT molecular complexity index is 701. The Morgan fingerprint density at radius 1 is 1.60 bits per heavy atom. The lowest BCUT2D eigenvalue weighted by Gasteiger charge is -2.15. The zero-order valence-electron chi connectivity index (χ0n) is 10.7. The Morgan fingerprint density at radius 3 is 3.15 bits per heavy atom. The van der Waals surface area contributed by atoms with E-state index in [1.54, 1.807) is 6.07 Å². The fraction of sp³-hybridized carbons (Fsp3) is 0.357. The van der Waals surface area contributed by atoms with Crippen LogP contribution in [0, 0.1) is 17.2 Å². The second-order valence-corrected chi connectivity index (χ2v) is 5.01. The molecule has 0 bridgehead atoms. The van der Waals surface area contributed by atoms with Crippen LogP contribution in [0.5, 0.6) is 0 Å². The fourth-order valence-corrected chi connectivity index (χ4v) is 2.64. The number of carboxylic acids is 1. The second-order valence-electron chi connectivity index (χ2n) is 5.01. The van der Waals surface area contributed by atoms with Crippen molar-refractivity contribution < 1.29 is 14.3 Å². The van der Waals surface area contributed by atoms with Gasteiger partial charge in [-0.1, -0.05) is 0 Å². The van der Waals surface area contributed by atoms with E-state index in [0.29, 0.717) is 36.2 Å². The molecule has 0 aliphatic carbocycles. The topological polar surface area (TPSA) is 90.4 Å². The molecule has 1 atom stereocenters. The largest absolute Gasteiger partial charge is 0.481 e. The molecule has 6 nitrogen and oxygen atoms in total. The number of oxazole rings is 1. The minimum atomic E-state index is -0.739. The zero-order valence-corrected chi connectivity index (χ0v) is 10.7. The van der Waals surface area contributed by atoms with Gasteiger partial charge in [-0.15, -0.1) is 0 Å². The molecule has 0 radical (unpaired) electrons. The zero-order chi connectivity index (χ0) is 14.1. The third-order valence-corrected chi connectivity index (χ3v) is 3.64. The van der Waals surface area contributed by atoms with E-state index in [0.717, 1.165) is 12.1 Å². The van der Waals surface area contributed by atoms with E-state index >= 15 is 0 Å². The average molecular weight is 271 g/mol. The molecule has 1 unspecified atom stereocenters. The highest BCUT2D eigenvalue weighted by atomic mass is 16.4. The highest BCUT2D eigenvalue weighted by Gasteiger charge is 2.27. The molecule has 1 saturated heterocycles. The normalized spacial score (nSPS) is 19.2. The number of hydrogen-bond donors (Lipinski definition) is 1. The van der Waals surface area contributed by atoms with Crippen molar-refractivity contribution >= 4 is 17.1 Å². The van der Waals surface area contributed by atoms with Crippen molar-refractivity contribution in [3.63, 3.8) is 0 Å². The molecule has 3 rings (SSSR count). The number of likely N-dealkylation sites (tertiary alicyclic amines) is 1. The van der Waals surface area contributed by atoms with Gasteiger partial charge in [-0.05, 0) is 30.7 Å². The van der Waals surface area contributed by atoms with Crippen LogP contribution in [0.2, 0.25) is 0 Å². The van der Waals surface area contributed by atoms with Crippen LogP contribution >= 0.6 is 0 Å². The van der Waals surface area contributed by atoms with Crippen molar-refractivity contribution in [3.8, 4) is 6.07 Å². The summed E-state index contributed by atoms with van der Waals surface area (Å²) in [6.07, 6.45) is 2.00. The molecule has 1 aromatic heterocycles. The lowest BCUT2D eigenvalue weighted by molar-refractivity contribution is -0.141. The van der Waals surface area contributed by atoms with E-state index in [1.807, 2.05) is 6.07 Å². The van der Waals surface area contributed by atoms with Crippen molar-refractivity contribution in [3.05, 3.63) is 29.7 Å². The van der Waals surface area contributed by atoms with Crippen molar-refractivity contribution in [1.29, 1.82) is 5.26 Å². The molecule has 6 heteroatoms. The monoisotopic (exact) mass is 271 g/mol. The highest BCUT2D eigenvalue weighted by molar-refractivity contribution is 5.79. The molecule has 1 fully saturated rings. The van der Waals surface area contributed by atoms with E-state index in [9.17, 15) is 4.79 Å². The Morgan fingerprint density at radius 2 is 2.45 bits per heavy atom. The van der Waals surface area contributed by atoms with Crippen molar-refractivity contribution in [2.45, 2.75) is 13.0 Å². The molecule has 2 heterocycles. The lowest BCUT2D eigenvalue weighted by Crippen LogP contribution is -2.22. The van der Waals surface area contributed by atoms with Crippen LogP contribution in [0.3, 0.4) is 0 Å². The maximum absolute atomic E-state index is 10.9. The van der Waals surface area contributed by atoms with Crippen molar-refractivity contribution in [2.75, 3.05) is 13.1 Å². The minimum Gasteiger partial charge on any atom is -0.481 e. The van der Waals surface area contributed by atoms with E-state index < -0.39 is 5.97 Å². The van der Waals surface area contributed by atoms with Gasteiger partial charge in [-0.2, -0.15) is 5.26 Å². The number of benzene rings is 1. The molecule has 0 amide bonds. The molecule has 1 aliphatic rings. The summed E-state index contributed by atoms with van der Waals surface area (Å²) in [6, 6.07) is 5.76. The van der Waals surface area contributed by atoms with Gasteiger partial charge in [0.05, 0.1) is 11.5 Å². The SMILES string of the molecule is N#Cc1cc(CN2CCC(C(=O)O)C2)cc2ncoc12. The van der Waals surface area contributed by atoms with Gasteiger partial charge in [0, 0.05) is 13.1 Å². The predicted molar refractivity (Wildman–Crippen MR) is 69.7 cm³/mol. The summed E-state index contributed by atoms with van der Waals surface area (Å²) in [5.74, 6) is -1.03. The van der Waals surface area contributed by atoms with Gasteiger partial charge in [0.1, 0.15) is 11.6 Å². The number of rotatable bonds is 3. The summed E-state index contributed by atoms with van der Waals surface area (Å²) in [6.45, 7) is 1.94. The number of carboxylic acid groups (broad SMARTS) is 1. The number of aliphatic carboxylic acids is 1. The van der Waals surface area contributed by atoms with Crippen LogP contribution < -0.4 is 0 Å². The van der Waals surface area contributed by atoms with Gasteiger partial charge >= 0.3 is 5.97 Å². The molecular weight excluding hydrogens is 258 g/mol. The lowest BCUT2D eigenvalue weighted by atomic mass is 10.1. The first-order chi connectivity index (χ1) is 9.67.